The number of hydrogen-bond donors (Lipinski definition) is 0. The SMILES string of the molecule is Cc1ccc(C(C)CC2CC2)cc1F. The lowest BCUT2D eigenvalue weighted by Crippen LogP contribution is -1.96. The molecule has 1 aliphatic rings. The van der Waals surface area contributed by atoms with Gasteiger partial charge < -0.3 is 0 Å². The average Bonchev–Trinajstić information content (AvgIpc) is 2.93. The number of aryl methyl sites for hydroxylation is 1. The van der Waals surface area contributed by atoms with Crippen LogP contribution in [0.1, 0.15) is 43.2 Å². The molecule has 1 heteroatoms. The minimum absolute atomic E-state index is 0.0647. The molecule has 76 valence electrons. The summed E-state index contributed by atoms with van der Waals surface area (Å²) in [6.45, 7) is 4.01. The van der Waals surface area contributed by atoms with Gasteiger partial charge in [-0.2, -0.15) is 0 Å². The second kappa shape index (κ2) is 3.72. The summed E-state index contributed by atoms with van der Waals surface area (Å²) in [7, 11) is 0. The molecule has 1 fully saturated rings. The Bertz CT molecular complexity index is 326. The summed E-state index contributed by atoms with van der Waals surface area (Å²) in [6, 6.07) is 5.64. The van der Waals surface area contributed by atoms with Crippen molar-refractivity contribution in [2.24, 2.45) is 5.92 Å². The third-order valence-corrected chi connectivity index (χ3v) is 3.15. The Kier molecular flexibility index (Phi) is 2.58. The van der Waals surface area contributed by atoms with E-state index in [0.29, 0.717) is 5.92 Å². The van der Waals surface area contributed by atoms with E-state index >= 15 is 0 Å². The maximum atomic E-state index is 13.3. The van der Waals surface area contributed by atoms with Crippen molar-refractivity contribution in [2.45, 2.75) is 39.0 Å². The number of rotatable bonds is 3. The third-order valence-electron chi connectivity index (χ3n) is 3.15. The van der Waals surface area contributed by atoms with E-state index in [2.05, 4.69) is 13.0 Å². The molecule has 1 aromatic carbocycles. The van der Waals surface area contributed by atoms with Crippen LogP contribution in [-0.4, -0.2) is 0 Å². The van der Waals surface area contributed by atoms with Crippen molar-refractivity contribution in [2.75, 3.05) is 0 Å². The Balaban J connectivity index is 2.10. The van der Waals surface area contributed by atoms with Crippen LogP contribution in [0.5, 0.6) is 0 Å². The van der Waals surface area contributed by atoms with Gasteiger partial charge in [-0.1, -0.05) is 31.9 Å². The lowest BCUT2D eigenvalue weighted by Gasteiger charge is -2.11. The summed E-state index contributed by atoms with van der Waals surface area (Å²) in [5.41, 5.74) is 1.90. The summed E-state index contributed by atoms with van der Waals surface area (Å²) >= 11 is 0. The molecule has 1 atom stereocenters. The van der Waals surface area contributed by atoms with E-state index in [1.807, 2.05) is 13.0 Å². The summed E-state index contributed by atoms with van der Waals surface area (Å²) in [5.74, 6) is 1.36. The van der Waals surface area contributed by atoms with E-state index in [1.54, 1.807) is 6.07 Å². The normalized spacial score (nSPS) is 18.2. The predicted octanol–water partition coefficient (Wildman–Crippen LogP) is 4.04. The quantitative estimate of drug-likeness (QED) is 0.678. The van der Waals surface area contributed by atoms with Crippen molar-refractivity contribution in [3.05, 3.63) is 35.1 Å². The van der Waals surface area contributed by atoms with Gasteiger partial charge in [0.15, 0.2) is 0 Å². The molecule has 14 heavy (non-hydrogen) atoms. The van der Waals surface area contributed by atoms with Crippen molar-refractivity contribution >= 4 is 0 Å². The first-order chi connectivity index (χ1) is 6.66. The van der Waals surface area contributed by atoms with Crippen molar-refractivity contribution in [3.8, 4) is 0 Å². The highest BCUT2D eigenvalue weighted by atomic mass is 19.1. The van der Waals surface area contributed by atoms with E-state index in [-0.39, 0.29) is 5.82 Å². The molecule has 0 saturated heterocycles. The molecule has 0 spiro atoms. The fraction of sp³-hybridized carbons (Fsp3) is 0.538. The second-order valence-electron chi connectivity index (χ2n) is 4.59. The van der Waals surface area contributed by atoms with Crippen molar-refractivity contribution in [1.82, 2.24) is 0 Å². The maximum Gasteiger partial charge on any atom is 0.126 e. The van der Waals surface area contributed by atoms with Gasteiger partial charge in [-0.3, -0.25) is 0 Å². The van der Waals surface area contributed by atoms with Gasteiger partial charge >= 0.3 is 0 Å². The van der Waals surface area contributed by atoms with Gasteiger partial charge in [0.25, 0.3) is 0 Å². The first-order valence-electron chi connectivity index (χ1n) is 5.43. The molecular weight excluding hydrogens is 175 g/mol. The molecule has 0 bridgehead atoms. The molecule has 0 N–H and O–H groups in total. The Labute approximate surface area is 85.1 Å². The zero-order valence-corrected chi connectivity index (χ0v) is 8.89. The van der Waals surface area contributed by atoms with Crippen LogP contribution < -0.4 is 0 Å². The van der Waals surface area contributed by atoms with E-state index in [0.717, 1.165) is 17.0 Å². The highest BCUT2D eigenvalue weighted by molar-refractivity contribution is 5.25. The topological polar surface area (TPSA) is 0 Å². The zero-order chi connectivity index (χ0) is 10.1. The molecule has 2 rings (SSSR count). The molecular formula is C13H17F. The first-order valence-corrected chi connectivity index (χ1v) is 5.43. The van der Waals surface area contributed by atoms with Gasteiger partial charge in [0, 0.05) is 0 Å². The zero-order valence-electron chi connectivity index (χ0n) is 8.89. The van der Waals surface area contributed by atoms with Gasteiger partial charge in [-0.05, 0) is 42.4 Å². The molecule has 1 aliphatic carbocycles. The van der Waals surface area contributed by atoms with Crippen LogP contribution in [0.15, 0.2) is 18.2 Å². The lowest BCUT2D eigenvalue weighted by atomic mass is 9.94. The maximum absolute atomic E-state index is 13.3. The second-order valence-corrected chi connectivity index (χ2v) is 4.59. The van der Waals surface area contributed by atoms with E-state index in [1.165, 1.54) is 19.3 Å². The van der Waals surface area contributed by atoms with Crippen molar-refractivity contribution in [1.29, 1.82) is 0 Å². The number of halogens is 1. The van der Waals surface area contributed by atoms with Crippen LogP contribution in [0.2, 0.25) is 0 Å². The molecule has 0 radical (unpaired) electrons. The van der Waals surface area contributed by atoms with Gasteiger partial charge in [-0.25, -0.2) is 4.39 Å². The van der Waals surface area contributed by atoms with Crippen molar-refractivity contribution in [3.63, 3.8) is 0 Å². The third kappa shape index (κ3) is 2.14. The van der Waals surface area contributed by atoms with Crippen LogP contribution >= 0.6 is 0 Å². The Morgan fingerprint density at radius 2 is 2.14 bits per heavy atom. The van der Waals surface area contributed by atoms with Gasteiger partial charge in [0.05, 0.1) is 0 Å². The van der Waals surface area contributed by atoms with Crippen LogP contribution in [-0.2, 0) is 0 Å². The van der Waals surface area contributed by atoms with Crippen LogP contribution in [0.3, 0.4) is 0 Å². The minimum Gasteiger partial charge on any atom is -0.207 e. The largest absolute Gasteiger partial charge is 0.207 e. The van der Waals surface area contributed by atoms with Gasteiger partial charge in [0.1, 0.15) is 5.82 Å². The number of hydrogen-bond acceptors (Lipinski definition) is 0. The summed E-state index contributed by atoms with van der Waals surface area (Å²) in [4.78, 5) is 0. The standard InChI is InChI=1S/C13H17F/c1-9-3-6-12(8-13(9)14)10(2)7-11-4-5-11/h3,6,8,10-11H,4-5,7H2,1-2H3. The molecule has 0 heterocycles. The molecule has 1 aromatic rings. The monoisotopic (exact) mass is 192 g/mol. The fourth-order valence-corrected chi connectivity index (χ4v) is 1.91. The van der Waals surface area contributed by atoms with Gasteiger partial charge in [-0.15, -0.1) is 0 Å². The molecule has 0 amide bonds. The molecule has 0 aromatic heterocycles. The highest BCUT2D eigenvalue weighted by Gasteiger charge is 2.24. The first kappa shape index (κ1) is 9.70. The van der Waals surface area contributed by atoms with E-state index in [9.17, 15) is 4.39 Å². The van der Waals surface area contributed by atoms with Gasteiger partial charge in [0.2, 0.25) is 0 Å². The Morgan fingerprint density at radius 1 is 1.43 bits per heavy atom. The molecule has 0 nitrogen and oxygen atoms in total. The van der Waals surface area contributed by atoms with Crippen molar-refractivity contribution < 1.29 is 4.39 Å². The smallest absolute Gasteiger partial charge is 0.126 e. The molecule has 0 aliphatic heterocycles. The summed E-state index contributed by atoms with van der Waals surface area (Å²) in [5, 5.41) is 0. The van der Waals surface area contributed by atoms with E-state index in [4.69, 9.17) is 0 Å². The minimum atomic E-state index is -0.0647. The molecule has 1 saturated carbocycles. The Hall–Kier alpha value is -0.850. The molecule has 1 unspecified atom stereocenters. The number of benzene rings is 1. The highest BCUT2D eigenvalue weighted by Crippen LogP contribution is 2.38. The summed E-state index contributed by atoms with van der Waals surface area (Å²) < 4.78 is 13.3. The average molecular weight is 192 g/mol. The lowest BCUT2D eigenvalue weighted by molar-refractivity contribution is 0.593. The van der Waals surface area contributed by atoms with Crippen LogP contribution in [0, 0.1) is 18.7 Å². The van der Waals surface area contributed by atoms with E-state index < -0.39 is 0 Å². The fourth-order valence-electron chi connectivity index (χ4n) is 1.91. The Morgan fingerprint density at radius 3 is 2.71 bits per heavy atom. The summed E-state index contributed by atoms with van der Waals surface area (Å²) in [6.07, 6.45) is 3.97. The predicted molar refractivity (Wildman–Crippen MR) is 56.9 cm³/mol. The van der Waals surface area contributed by atoms with Crippen LogP contribution in [0.25, 0.3) is 0 Å². The van der Waals surface area contributed by atoms with Crippen LogP contribution in [0.4, 0.5) is 4.39 Å².